The number of amides is 3. The maximum absolute atomic E-state index is 13.7. The van der Waals surface area contributed by atoms with Crippen molar-refractivity contribution in [2.24, 2.45) is 0 Å². The quantitative estimate of drug-likeness (QED) is 0.653. The van der Waals surface area contributed by atoms with Crippen LogP contribution in [0.25, 0.3) is 0 Å². The van der Waals surface area contributed by atoms with Crippen molar-refractivity contribution >= 4 is 23.5 Å². The van der Waals surface area contributed by atoms with E-state index >= 15 is 0 Å². The van der Waals surface area contributed by atoms with Crippen molar-refractivity contribution in [3.63, 3.8) is 0 Å². The molecule has 0 bridgehead atoms. The summed E-state index contributed by atoms with van der Waals surface area (Å²) in [7, 11) is 0. The Labute approximate surface area is 107 Å². The van der Waals surface area contributed by atoms with Gasteiger partial charge in [-0.1, -0.05) is 0 Å². The smallest absolute Gasteiger partial charge is 0.258 e. The SMILES string of the molecule is CC1C(=O)NC(=O)CN1C(=O)c1ccnc(N)c1F. The lowest BCUT2D eigenvalue weighted by atomic mass is 10.1. The number of pyridine rings is 1. The highest BCUT2D eigenvalue weighted by molar-refractivity contribution is 6.07. The number of piperazine rings is 1. The average Bonchev–Trinajstić information content (AvgIpc) is 2.36. The summed E-state index contributed by atoms with van der Waals surface area (Å²) < 4.78 is 13.7. The Bertz CT molecular complexity index is 575. The monoisotopic (exact) mass is 266 g/mol. The van der Waals surface area contributed by atoms with Gasteiger partial charge in [0, 0.05) is 6.20 Å². The highest BCUT2D eigenvalue weighted by Crippen LogP contribution is 2.17. The molecule has 3 N–H and O–H groups in total. The van der Waals surface area contributed by atoms with E-state index in [1.807, 2.05) is 0 Å². The fraction of sp³-hybridized carbons (Fsp3) is 0.273. The number of rotatable bonds is 1. The summed E-state index contributed by atoms with van der Waals surface area (Å²) in [4.78, 5) is 39.3. The van der Waals surface area contributed by atoms with Gasteiger partial charge in [-0.25, -0.2) is 9.37 Å². The van der Waals surface area contributed by atoms with Crippen LogP contribution >= 0.6 is 0 Å². The number of hydrogen-bond donors (Lipinski definition) is 2. The van der Waals surface area contributed by atoms with E-state index in [9.17, 15) is 18.8 Å². The molecule has 1 saturated heterocycles. The maximum Gasteiger partial charge on any atom is 0.258 e. The summed E-state index contributed by atoms with van der Waals surface area (Å²) in [5.74, 6) is -3.36. The lowest BCUT2D eigenvalue weighted by Crippen LogP contribution is -2.58. The number of aromatic nitrogens is 1. The molecule has 0 saturated carbocycles. The van der Waals surface area contributed by atoms with Gasteiger partial charge in [0.05, 0.1) is 5.56 Å². The standard InChI is InChI=1S/C11H11FN4O3/c1-5-10(18)15-7(17)4-16(5)11(19)6-2-3-14-9(13)8(6)12/h2-3,5H,4H2,1H3,(H2,13,14)(H,15,17,18). The van der Waals surface area contributed by atoms with Crippen molar-refractivity contribution in [3.8, 4) is 0 Å². The molecule has 8 heteroatoms. The van der Waals surface area contributed by atoms with E-state index in [1.165, 1.54) is 13.1 Å². The lowest BCUT2D eigenvalue weighted by Gasteiger charge is -2.31. The molecule has 1 aliphatic heterocycles. The Morgan fingerprint density at radius 1 is 1.58 bits per heavy atom. The Balaban J connectivity index is 2.35. The lowest BCUT2D eigenvalue weighted by molar-refractivity contribution is -0.138. The van der Waals surface area contributed by atoms with Crippen molar-refractivity contribution < 1.29 is 18.8 Å². The van der Waals surface area contributed by atoms with Gasteiger partial charge in [0.15, 0.2) is 11.6 Å². The van der Waals surface area contributed by atoms with E-state index < -0.39 is 35.4 Å². The van der Waals surface area contributed by atoms with Crippen LogP contribution in [-0.4, -0.2) is 40.2 Å². The Morgan fingerprint density at radius 2 is 2.26 bits per heavy atom. The average molecular weight is 266 g/mol. The molecule has 2 rings (SSSR count). The highest BCUT2D eigenvalue weighted by Gasteiger charge is 2.35. The van der Waals surface area contributed by atoms with Gasteiger partial charge < -0.3 is 10.6 Å². The van der Waals surface area contributed by atoms with Crippen molar-refractivity contribution in [2.75, 3.05) is 12.3 Å². The van der Waals surface area contributed by atoms with Crippen LogP contribution in [0.3, 0.4) is 0 Å². The van der Waals surface area contributed by atoms with Crippen LogP contribution in [0.4, 0.5) is 10.2 Å². The number of carbonyl (C=O) groups is 3. The minimum Gasteiger partial charge on any atom is -0.381 e. The molecule has 1 aromatic heterocycles. The van der Waals surface area contributed by atoms with Crippen molar-refractivity contribution in [2.45, 2.75) is 13.0 Å². The van der Waals surface area contributed by atoms with E-state index in [0.29, 0.717) is 0 Å². The summed E-state index contributed by atoms with van der Waals surface area (Å²) in [5.41, 5.74) is 4.96. The van der Waals surface area contributed by atoms with Crippen LogP contribution in [0.2, 0.25) is 0 Å². The summed E-state index contributed by atoms with van der Waals surface area (Å²) in [6.45, 7) is 1.13. The normalized spacial score (nSPS) is 19.3. The second-order valence-electron chi connectivity index (χ2n) is 4.08. The first-order valence-electron chi connectivity index (χ1n) is 5.46. The zero-order valence-electron chi connectivity index (χ0n) is 10.0. The van der Waals surface area contributed by atoms with Crippen LogP contribution in [0.5, 0.6) is 0 Å². The molecule has 1 atom stereocenters. The van der Waals surface area contributed by atoms with Crippen LogP contribution < -0.4 is 11.1 Å². The molecule has 0 aromatic carbocycles. The van der Waals surface area contributed by atoms with Crippen molar-refractivity contribution in [3.05, 3.63) is 23.6 Å². The molecule has 1 unspecified atom stereocenters. The third-order valence-electron chi connectivity index (χ3n) is 2.83. The largest absolute Gasteiger partial charge is 0.381 e. The molecule has 0 spiro atoms. The maximum atomic E-state index is 13.7. The second kappa shape index (κ2) is 4.63. The number of nitrogens with two attached hydrogens (primary N) is 1. The second-order valence-corrected chi connectivity index (χ2v) is 4.08. The van der Waals surface area contributed by atoms with E-state index in [0.717, 1.165) is 11.0 Å². The molecule has 2 heterocycles. The summed E-state index contributed by atoms with van der Waals surface area (Å²) in [6.07, 6.45) is 1.18. The van der Waals surface area contributed by atoms with Crippen LogP contribution in [0.1, 0.15) is 17.3 Å². The molecular formula is C11H11FN4O3. The predicted octanol–water partition coefficient (Wildman–Crippen LogP) is -0.710. The Hall–Kier alpha value is -2.51. The third-order valence-corrected chi connectivity index (χ3v) is 2.83. The fourth-order valence-corrected chi connectivity index (χ4v) is 1.74. The molecule has 0 radical (unpaired) electrons. The Morgan fingerprint density at radius 3 is 2.95 bits per heavy atom. The fourth-order valence-electron chi connectivity index (χ4n) is 1.74. The van der Waals surface area contributed by atoms with Gasteiger partial charge in [0.25, 0.3) is 5.91 Å². The van der Waals surface area contributed by atoms with Gasteiger partial charge in [-0.2, -0.15) is 0 Å². The van der Waals surface area contributed by atoms with Gasteiger partial charge in [-0.05, 0) is 13.0 Å². The molecule has 0 aliphatic carbocycles. The summed E-state index contributed by atoms with van der Waals surface area (Å²) >= 11 is 0. The number of hydrogen-bond acceptors (Lipinski definition) is 5. The van der Waals surface area contributed by atoms with E-state index in [-0.39, 0.29) is 12.1 Å². The topological polar surface area (TPSA) is 105 Å². The zero-order chi connectivity index (χ0) is 14.2. The number of nitrogens with one attached hydrogen (secondary N) is 1. The molecule has 19 heavy (non-hydrogen) atoms. The van der Waals surface area contributed by atoms with Crippen LogP contribution in [-0.2, 0) is 9.59 Å². The molecule has 100 valence electrons. The van der Waals surface area contributed by atoms with Gasteiger partial charge in [-0.15, -0.1) is 0 Å². The minimum atomic E-state index is -0.960. The number of nitrogen functional groups attached to an aromatic ring is 1. The van der Waals surface area contributed by atoms with E-state index in [2.05, 4.69) is 10.3 Å². The number of anilines is 1. The zero-order valence-corrected chi connectivity index (χ0v) is 10.0. The summed E-state index contributed by atoms with van der Waals surface area (Å²) in [6, 6.07) is 0.288. The number of imide groups is 1. The van der Waals surface area contributed by atoms with E-state index in [4.69, 9.17) is 5.73 Å². The van der Waals surface area contributed by atoms with Crippen LogP contribution in [0.15, 0.2) is 12.3 Å². The van der Waals surface area contributed by atoms with Crippen molar-refractivity contribution in [1.82, 2.24) is 15.2 Å². The third kappa shape index (κ3) is 2.24. The van der Waals surface area contributed by atoms with Gasteiger partial charge in [0.1, 0.15) is 12.6 Å². The van der Waals surface area contributed by atoms with Gasteiger partial charge in [0.2, 0.25) is 11.8 Å². The minimum absolute atomic E-state index is 0.312. The highest BCUT2D eigenvalue weighted by atomic mass is 19.1. The molecule has 1 aromatic rings. The van der Waals surface area contributed by atoms with Crippen molar-refractivity contribution in [1.29, 1.82) is 0 Å². The number of carbonyl (C=O) groups excluding carboxylic acids is 3. The first-order chi connectivity index (χ1) is 8.91. The molecule has 1 aliphatic rings. The van der Waals surface area contributed by atoms with Crippen LogP contribution in [0, 0.1) is 5.82 Å². The van der Waals surface area contributed by atoms with E-state index in [1.54, 1.807) is 0 Å². The Kier molecular flexibility index (Phi) is 3.16. The molecular weight excluding hydrogens is 255 g/mol. The summed E-state index contributed by atoms with van der Waals surface area (Å²) in [5, 5.41) is 2.09. The molecule has 3 amide bonds. The molecule has 7 nitrogen and oxygen atoms in total. The number of halogens is 1. The van der Waals surface area contributed by atoms with Gasteiger partial charge >= 0.3 is 0 Å². The van der Waals surface area contributed by atoms with Gasteiger partial charge in [-0.3, -0.25) is 19.7 Å². The molecule has 1 fully saturated rings. The predicted molar refractivity (Wildman–Crippen MR) is 62.3 cm³/mol. The first kappa shape index (κ1) is 12.9. The number of nitrogens with zero attached hydrogens (tertiary/aromatic N) is 2. The first-order valence-corrected chi connectivity index (χ1v) is 5.46.